The van der Waals surface area contributed by atoms with Gasteiger partial charge in [0.05, 0.1) is 6.54 Å². The molecular formula is C10H12N2O. The summed E-state index contributed by atoms with van der Waals surface area (Å²) in [6.07, 6.45) is 5.20. The van der Waals surface area contributed by atoms with Crippen LogP contribution >= 0.6 is 0 Å². The van der Waals surface area contributed by atoms with Crippen LogP contribution in [0.5, 0.6) is 0 Å². The summed E-state index contributed by atoms with van der Waals surface area (Å²) >= 11 is 0. The molecule has 3 heteroatoms. The van der Waals surface area contributed by atoms with Gasteiger partial charge in [-0.25, -0.2) is 0 Å². The van der Waals surface area contributed by atoms with E-state index in [2.05, 4.69) is 10.3 Å². The molecule has 13 heavy (non-hydrogen) atoms. The number of pyridine rings is 1. The summed E-state index contributed by atoms with van der Waals surface area (Å²) in [7, 11) is 0. The highest BCUT2D eigenvalue weighted by Crippen LogP contribution is 2.20. The summed E-state index contributed by atoms with van der Waals surface area (Å²) in [5.41, 5.74) is 1.18. The molecule has 0 amide bonds. The van der Waals surface area contributed by atoms with Crippen LogP contribution in [0.4, 0.5) is 0 Å². The van der Waals surface area contributed by atoms with Crippen molar-refractivity contribution in [2.45, 2.75) is 18.9 Å². The first kappa shape index (κ1) is 8.38. The van der Waals surface area contributed by atoms with Crippen molar-refractivity contribution < 1.29 is 4.79 Å². The number of nitrogens with zero attached hydrogens (tertiary/aromatic N) is 1. The van der Waals surface area contributed by atoms with E-state index in [1.165, 1.54) is 5.56 Å². The number of nitrogens with one attached hydrogen (secondary N) is 1. The van der Waals surface area contributed by atoms with Crippen molar-refractivity contribution in [3.63, 3.8) is 0 Å². The number of piperidine rings is 1. The number of aromatic nitrogens is 1. The van der Waals surface area contributed by atoms with Crippen LogP contribution in [0, 0.1) is 0 Å². The second kappa shape index (κ2) is 3.66. The standard InChI is InChI=1S/C10H12N2O/c13-9-3-4-10(12-7-9)8-2-1-5-11-6-8/h1-2,5-6,10,12H,3-4,7H2. The van der Waals surface area contributed by atoms with E-state index in [1.54, 1.807) is 6.20 Å². The molecule has 0 saturated carbocycles. The summed E-state index contributed by atoms with van der Waals surface area (Å²) in [5, 5.41) is 3.20. The number of rotatable bonds is 1. The summed E-state index contributed by atoms with van der Waals surface area (Å²) in [6.45, 7) is 0.500. The first-order chi connectivity index (χ1) is 6.36. The van der Waals surface area contributed by atoms with Gasteiger partial charge in [-0.15, -0.1) is 0 Å². The van der Waals surface area contributed by atoms with Gasteiger partial charge in [0, 0.05) is 24.9 Å². The Kier molecular flexibility index (Phi) is 2.36. The number of hydrogen-bond acceptors (Lipinski definition) is 3. The maximum absolute atomic E-state index is 11.0. The zero-order chi connectivity index (χ0) is 9.10. The molecule has 0 spiro atoms. The molecule has 0 bridgehead atoms. The van der Waals surface area contributed by atoms with Crippen molar-refractivity contribution in [1.29, 1.82) is 0 Å². The minimum Gasteiger partial charge on any atom is -0.303 e. The molecular weight excluding hydrogens is 164 g/mol. The van der Waals surface area contributed by atoms with Crippen LogP contribution in [0.2, 0.25) is 0 Å². The van der Waals surface area contributed by atoms with Gasteiger partial charge in [-0.2, -0.15) is 0 Å². The smallest absolute Gasteiger partial charge is 0.146 e. The Hall–Kier alpha value is -1.22. The second-order valence-corrected chi connectivity index (χ2v) is 3.30. The third kappa shape index (κ3) is 1.92. The van der Waals surface area contributed by atoms with Gasteiger partial charge in [0.1, 0.15) is 5.78 Å². The Morgan fingerprint density at radius 2 is 2.46 bits per heavy atom. The van der Waals surface area contributed by atoms with Crippen LogP contribution in [0.25, 0.3) is 0 Å². The Balaban J connectivity index is 2.07. The molecule has 0 aliphatic carbocycles. The van der Waals surface area contributed by atoms with Crippen molar-refractivity contribution >= 4 is 5.78 Å². The number of carbonyl (C=O) groups is 1. The molecule has 1 aromatic rings. The zero-order valence-electron chi connectivity index (χ0n) is 7.36. The fourth-order valence-electron chi connectivity index (χ4n) is 1.60. The zero-order valence-corrected chi connectivity index (χ0v) is 7.36. The maximum atomic E-state index is 11.0. The van der Waals surface area contributed by atoms with Gasteiger partial charge in [0.2, 0.25) is 0 Å². The molecule has 1 atom stereocenters. The number of carbonyl (C=O) groups excluding carboxylic acids is 1. The molecule has 1 aromatic heterocycles. The lowest BCUT2D eigenvalue weighted by atomic mass is 9.98. The van der Waals surface area contributed by atoms with E-state index < -0.39 is 0 Å². The van der Waals surface area contributed by atoms with E-state index >= 15 is 0 Å². The number of ketones is 1. The topological polar surface area (TPSA) is 42.0 Å². The van der Waals surface area contributed by atoms with E-state index in [0.717, 1.165) is 6.42 Å². The Morgan fingerprint density at radius 1 is 1.54 bits per heavy atom. The molecule has 1 aliphatic rings. The molecule has 2 rings (SSSR count). The lowest BCUT2D eigenvalue weighted by Crippen LogP contribution is -2.33. The summed E-state index contributed by atoms with van der Waals surface area (Å²) < 4.78 is 0. The van der Waals surface area contributed by atoms with E-state index in [4.69, 9.17) is 0 Å². The van der Waals surface area contributed by atoms with E-state index in [1.807, 2.05) is 18.3 Å². The van der Waals surface area contributed by atoms with Crippen LogP contribution < -0.4 is 5.32 Å². The average Bonchev–Trinajstić information content (AvgIpc) is 2.20. The van der Waals surface area contributed by atoms with Crippen LogP contribution in [-0.4, -0.2) is 17.3 Å². The molecule has 1 fully saturated rings. The first-order valence-corrected chi connectivity index (χ1v) is 4.51. The summed E-state index contributed by atoms with van der Waals surface area (Å²) in [5.74, 6) is 0.306. The Labute approximate surface area is 77.2 Å². The van der Waals surface area contributed by atoms with Gasteiger partial charge in [0.15, 0.2) is 0 Å². The highest BCUT2D eigenvalue weighted by Gasteiger charge is 2.18. The van der Waals surface area contributed by atoms with Crippen LogP contribution in [0.1, 0.15) is 24.4 Å². The average molecular weight is 176 g/mol. The van der Waals surface area contributed by atoms with Crippen LogP contribution in [-0.2, 0) is 4.79 Å². The van der Waals surface area contributed by atoms with Crippen molar-refractivity contribution in [2.24, 2.45) is 0 Å². The molecule has 0 aromatic carbocycles. The van der Waals surface area contributed by atoms with Gasteiger partial charge in [-0.05, 0) is 18.1 Å². The van der Waals surface area contributed by atoms with Crippen LogP contribution in [0.3, 0.4) is 0 Å². The minimum absolute atomic E-state index is 0.306. The predicted molar refractivity (Wildman–Crippen MR) is 49.2 cm³/mol. The normalized spacial score (nSPS) is 23.1. The minimum atomic E-state index is 0.306. The summed E-state index contributed by atoms with van der Waals surface area (Å²) in [6, 6.07) is 4.28. The van der Waals surface area contributed by atoms with Gasteiger partial charge < -0.3 is 5.32 Å². The third-order valence-corrected chi connectivity index (χ3v) is 2.34. The van der Waals surface area contributed by atoms with E-state index in [-0.39, 0.29) is 0 Å². The largest absolute Gasteiger partial charge is 0.303 e. The fourth-order valence-corrected chi connectivity index (χ4v) is 1.60. The van der Waals surface area contributed by atoms with Crippen molar-refractivity contribution in [3.05, 3.63) is 30.1 Å². The lowest BCUT2D eigenvalue weighted by Gasteiger charge is -2.22. The van der Waals surface area contributed by atoms with Crippen molar-refractivity contribution in [2.75, 3.05) is 6.54 Å². The van der Waals surface area contributed by atoms with Gasteiger partial charge >= 0.3 is 0 Å². The number of Topliss-reactive ketones (excluding diaryl/α,β-unsaturated/α-hetero) is 1. The van der Waals surface area contributed by atoms with E-state index in [0.29, 0.717) is 24.8 Å². The van der Waals surface area contributed by atoms with E-state index in [9.17, 15) is 4.79 Å². The van der Waals surface area contributed by atoms with Crippen molar-refractivity contribution in [3.8, 4) is 0 Å². The molecule has 1 N–H and O–H groups in total. The van der Waals surface area contributed by atoms with Gasteiger partial charge in [-0.3, -0.25) is 9.78 Å². The summed E-state index contributed by atoms with van der Waals surface area (Å²) in [4.78, 5) is 15.0. The van der Waals surface area contributed by atoms with Gasteiger partial charge in [0.25, 0.3) is 0 Å². The highest BCUT2D eigenvalue weighted by molar-refractivity contribution is 5.81. The molecule has 0 radical (unpaired) electrons. The molecule has 2 heterocycles. The molecule has 1 unspecified atom stereocenters. The molecule has 3 nitrogen and oxygen atoms in total. The lowest BCUT2D eigenvalue weighted by molar-refractivity contribution is -0.119. The third-order valence-electron chi connectivity index (χ3n) is 2.34. The second-order valence-electron chi connectivity index (χ2n) is 3.30. The van der Waals surface area contributed by atoms with Crippen LogP contribution in [0.15, 0.2) is 24.5 Å². The predicted octanol–water partition coefficient (Wildman–Crippen LogP) is 1.08. The molecule has 1 aliphatic heterocycles. The monoisotopic (exact) mass is 176 g/mol. The molecule has 1 saturated heterocycles. The maximum Gasteiger partial charge on any atom is 0.146 e. The highest BCUT2D eigenvalue weighted by atomic mass is 16.1. The Morgan fingerprint density at radius 3 is 3.08 bits per heavy atom. The quantitative estimate of drug-likeness (QED) is 0.696. The SMILES string of the molecule is O=C1CCC(c2cccnc2)NC1. The fraction of sp³-hybridized carbons (Fsp3) is 0.400. The van der Waals surface area contributed by atoms with Crippen molar-refractivity contribution in [1.82, 2.24) is 10.3 Å². The Bertz CT molecular complexity index is 287. The molecule has 68 valence electrons. The number of hydrogen-bond donors (Lipinski definition) is 1. The first-order valence-electron chi connectivity index (χ1n) is 4.51. The van der Waals surface area contributed by atoms with Gasteiger partial charge in [-0.1, -0.05) is 6.07 Å².